The van der Waals surface area contributed by atoms with Crippen molar-refractivity contribution in [3.05, 3.63) is 81.7 Å². The maximum atomic E-state index is 13.5. The number of imide groups is 1. The predicted octanol–water partition coefficient (Wildman–Crippen LogP) is 5.61. The van der Waals surface area contributed by atoms with Crippen LogP contribution in [0.5, 0.6) is 0 Å². The van der Waals surface area contributed by atoms with Crippen molar-refractivity contribution in [1.29, 1.82) is 0 Å². The van der Waals surface area contributed by atoms with E-state index in [9.17, 15) is 9.59 Å². The summed E-state index contributed by atoms with van der Waals surface area (Å²) in [5, 5.41) is 5.16. The monoisotopic (exact) mass is 445 g/mol. The zero-order chi connectivity index (χ0) is 22.8. The molecule has 164 valence electrons. The van der Waals surface area contributed by atoms with E-state index in [-0.39, 0.29) is 11.8 Å². The van der Waals surface area contributed by atoms with Gasteiger partial charge in [0.25, 0.3) is 11.8 Å². The fourth-order valence-corrected chi connectivity index (χ4v) is 4.73. The Morgan fingerprint density at radius 2 is 1.66 bits per heavy atom. The van der Waals surface area contributed by atoms with E-state index in [0.29, 0.717) is 17.0 Å². The summed E-state index contributed by atoms with van der Waals surface area (Å²) >= 11 is 1.45. The molecule has 1 N–H and O–H groups in total. The molecule has 0 bridgehead atoms. The molecule has 0 radical (unpaired) electrons. The van der Waals surface area contributed by atoms with E-state index in [1.807, 2.05) is 73.8 Å². The number of carbonyl (C=O) groups excluding carboxylic acids is 2. The van der Waals surface area contributed by atoms with Crippen LogP contribution in [0.1, 0.15) is 29.9 Å². The van der Waals surface area contributed by atoms with Gasteiger partial charge in [0.05, 0.1) is 11.3 Å². The van der Waals surface area contributed by atoms with Crippen LogP contribution in [0.2, 0.25) is 0 Å². The summed E-state index contributed by atoms with van der Waals surface area (Å²) in [5.41, 5.74) is 5.13. The lowest BCUT2D eigenvalue weighted by molar-refractivity contribution is -0.120. The fourth-order valence-electron chi connectivity index (χ4n) is 3.96. The Balaban J connectivity index is 1.73. The van der Waals surface area contributed by atoms with Crippen LogP contribution in [0, 0.1) is 13.8 Å². The number of rotatable bonds is 7. The van der Waals surface area contributed by atoms with Crippen LogP contribution in [0.4, 0.5) is 17.1 Å². The van der Waals surface area contributed by atoms with E-state index in [0.717, 1.165) is 40.5 Å². The van der Waals surface area contributed by atoms with Crippen molar-refractivity contribution < 1.29 is 9.59 Å². The van der Waals surface area contributed by atoms with Gasteiger partial charge in [0, 0.05) is 29.3 Å². The van der Waals surface area contributed by atoms with Gasteiger partial charge in [0.1, 0.15) is 5.70 Å². The zero-order valence-corrected chi connectivity index (χ0v) is 19.6. The minimum Gasteiger partial charge on any atom is -0.372 e. The van der Waals surface area contributed by atoms with Gasteiger partial charge in [-0.25, -0.2) is 4.90 Å². The van der Waals surface area contributed by atoms with E-state index < -0.39 is 0 Å². The highest BCUT2D eigenvalue weighted by atomic mass is 32.1. The molecule has 5 nitrogen and oxygen atoms in total. The van der Waals surface area contributed by atoms with Crippen molar-refractivity contribution in [2.24, 2.45) is 0 Å². The van der Waals surface area contributed by atoms with Crippen LogP contribution < -0.4 is 15.1 Å². The third-order valence-electron chi connectivity index (χ3n) is 5.72. The van der Waals surface area contributed by atoms with E-state index in [4.69, 9.17) is 0 Å². The molecule has 0 atom stereocenters. The number of amides is 2. The first-order valence-corrected chi connectivity index (χ1v) is 11.7. The van der Waals surface area contributed by atoms with E-state index in [1.165, 1.54) is 16.2 Å². The largest absolute Gasteiger partial charge is 0.372 e. The van der Waals surface area contributed by atoms with Gasteiger partial charge in [-0.2, -0.15) is 0 Å². The topological polar surface area (TPSA) is 52.7 Å². The zero-order valence-electron chi connectivity index (χ0n) is 18.8. The molecule has 0 spiro atoms. The summed E-state index contributed by atoms with van der Waals surface area (Å²) in [6.07, 6.45) is 0. The van der Waals surface area contributed by atoms with Crippen LogP contribution in [0.3, 0.4) is 0 Å². The maximum absolute atomic E-state index is 13.5. The van der Waals surface area contributed by atoms with Crippen molar-refractivity contribution in [2.75, 3.05) is 28.2 Å². The minimum absolute atomic E-state index is 0.298. The Hall–Kier alpha value is -3.38. The number of carbonyl (C=O) groups is 2. The number of anilines is 3. The molecule has 1 aliphatic heterocycles. The van der Waals surface area contributed by atoms with Crippen molar-refractivity contribution in [1.82, 2.24) is 0 Å². The first-order chi connectivity index (χ1) is 15.4. The highest BCUT2D eigenvalue weighted by Gasteiger charge is 2.41. The Labute approximate surface area is 193 Å². The number of thiophene rings is 1. The lowest BCUT2D eigenvalue weighted by Gasteiger charge is -2.21. The standard InChI is InChI=1S/C26H27N3O2S/c1-5-28(6-2)20-13-11-19(12-14-20)27-24-23(22-8-7-15-32-22)25(30)29(26(24)31)21-16-17(3)9-10-18(21)4/h7-16,27H,5-6H2,1-4H3. The number of nitrogens with one attached hydrogen (secondary N) is 1. The Morgan fingerprint density at radius 1 is 0.938 bits per heavy atom. The highest BCUT2D eigenvalue weighted by Crippen LogP contribution is 2.37. The lowest BCUT2D eigenvalue weighted by Crippen LogP contribution is -2.33. The number of nitrogens with zero attached hydrogens (tertiary/aromatic N) is 2. The molecule has 32 heavy (non-hydrogen) atoms. The molecule has 0 fully saturated rings. The van der Waals surface area contributed by atoms with Crippen LogP contribution in [-0.2, 0) is 9.59 Å². The third-order valence-corrected chi connectivity index (χ3v) is 6.61. The second kappa shape index (κ2) is 9.01. The summed E-state index contributed by atoms with van der Waals surface area (Å²) in [5.74, 6) is -0.631. The second-order valence-corrected chi connectivity index (χ2v) is 8.75. The Bertz CT molecular complexity index is 1180. The average Bonchev–Trinajstić information content (AvgIpc) is 3.39. The van der Waals surface area contributed by atoms with Crippen LogP contribution in [0.15, 0.2) is 65.7 Å². The quantitative estimate of drug-likeness (QED) is 0.481. The van der Waals surface area contributed by atoms with Crippen molar-refractivity contribution in [3.63, 3.8) is 0 Å². The number of benzene rings is 2. The third kappa shape index (κ3) is 3.94. The molecule has 1 aromatic heterocycles. The first kappa shape index (κ1) is 21.8. The van der Waals surface area contributed by atoms with Gasteiger partial charge in [0.2, 0.25) is 0 Å². The number of aryl methyl sites for hydroxylation is 2. The number of hydrogen-bond donors (Lipinski definition) is 1. The van der Waals surface area contributed by atoms with Gasteiger partial charge < -0.3 is 10.2 Å². The van der Waals surface area contributed by atoms with Crippen LogP contribution >= 0.6 is 11.3 Å². The average molecular weight is 446 g/mol. The molecule has 4 rings (SSSR count). The van der Waals surface area contributed by atoms with Crippen molar-refractivity contribution >= 4 is 45.8 Å². The summed E-state index contributed by atoms with van der Waals surface area (Å²) in [6.45, 7) is 9.97. The molecule has 0 saturated carbocycles. The summed E-state index contributed by atoms with van der Waals surface area (Å²) < 4.78 is 0. The molecule has 2 amide bonds. The van der Waals surface area contributed by atoms with E-state index >= 15 is 0 Å². The first-order valence-electron chi connectivity index (χ1n) is 10.8. The number of hydrogen-bond acceptors (Lipinski definition) is 5. The Kier molecular flexibility index (Phi) is 6.15. The van der Waals surface area contributed by atoms with Gasteiger partial charge in [-0.15, -0.1) is 11.3 Å². The molecule has 0 aliphatic carbocycles. The van der Waals surface area contributed by atoms with E-state index in [2.05, 4.69) is 24.1 Å². The Morgan fingerprint density at radius 3 is 2.28 bits per heavy atom. The SMILES string of the molecule is CCN(CC)c1ccc(NC2=C(c3cccs3)C(=O)N(c3cc(C)ccc3C)C2=O)cc1. The predicted molar refractivity (Wildman–Crippen MR) is 133 cm³/mol. The summed E-state index contributed by atoms with van der Waals surface area (Å²) in [6, 6.07) is 17.5. The van der Waals surface area contributed by atoms with Gasteiger partial charge in [-0.3, -0.25) is 9.59 Å². The molecule has 2 heterocycles. The molecule has 1 aliphatic rings. The molecule has 0 saturated heterocycles. The fraction of sp³-hybridized carbons (Fsp3) is 0.231. The van der Waals surface area contributed by atoms with Crippen molar-refractivity contribution in [3.8, 4) is 0 Å². The summed E-state index contributed by atoms with van der Waals surface area (Å²) in [4.78, 5) is 31.4. The summed E-state index contributed by atoms with van der Waals surface area (Å²) in [7, 11) is 0. The van der Waals surface area contributed by atoms with Crippen LogP contribution in [-0.4, -0.2) is 24.9 Å². The van der Waals surface area contributed by atoms with Crippen LogP contribution in [0.25, 0.3) is 5.57 Å². The van der Waals surface area contributed by atoms with Gasteiger partial charge >= 0.3 is 0 Å². The van der Waals surface area contributed by atoms with Gasteiger partial charge in [0.15, 0.2) is 0 Å². The lowest BCUT2D eigenvalue weighted by atomic mass is 10.1. The smallest absolute Gasteiger partial charge is 0.282 e. The maximum Gasteiger partial charge on any atom is 0.282 e. The molecule has 3 aromatic rings. The van der Waals surface area contributed by atoms with E-state index in [1.54, 1.807) is 0 Å². The highest BCUT2D eigenvalue weighted by molar-refractivity contribution is 7.11. The molecule has 6 heteroatoms. The van der Waals surface area contributed by atoms with Crippen molar-refractivity contribution in [2.45, 2.75) is 27.7 Å². The minimum atomic E-state index is -0.333. The molecular weight excluding hydrogens is 418 g/mol. The molecular formula is C26H27N3O2S. The molecule has 2 aromatic carbocycles. The second-order valence-electron chi connectivity index (χ2n) is 7.81. The normalized spacial score (nSPS) is 13.8. The molecule has 0 unspecified atom stereocenters. The van der Waals surface area contributed by atoms with Gasteiger partial charge in [-0.05, 0) is 80.6 Å². The van der Waals surface area contributed by atoms with Gasteiger partial charge in [-0.1, -0.05) is 18.2 Å².